The Bertz CT molecular complexity index is 614. The smallest absolute Gasteiger partial charge is 0.395 e. The van der Waals surface area contributed by atoms with Crippen molar-refractivity contribution in [2.24, 2.45) is 0 Å². The Morgan fingerprint density at radius 2 is 0.840 bits per heavy atom. The average Bonchev–Trinajstić information content (AvgIpc) is 2.57. The van der Waals surface area contributed by atoms with Crippen LogP contribution in [-0.2, 0) is 17.1 Å². The summed E-state index contributed by atoms with van der Waals surface area (Å²) in [7, 11) is 0. The summed E-state index contributed by atoms with van der Waals surface area (Å²) in [5.74, 6) is -1.15. The van der Waals surface area contributed by atoms with E-state index in [0.29, 0.717) is 14.2 Å². The molecule has 0 radical (unpaired) electrons. The number of nitrogens with zero attached hydrogens (tertiary/aromatic N) is 6. The molecule has 0 atom stereocenters. The van der Waals surface area contributed by atoms with Gasteiger partial charge < -0.3 is 30.9 Å². The van der Waals surface area contributed by atoms with Gasteiger partial charge in [-0.2, -0.15) is 0 Å². The number of hydrogen-bond acceptors (Lipinski definition) is 9. The Morgan fingerprint density at radius 3 is 0.960 bits per heavy atom. The molecular formula is C12H12FeN6O6. The first-order chi connectivity index (χ1) is 11.4. The fourth-order valence-corrected chi connectivity index (χ4v) is 1.03. The molecule has 0 saturated carbocycles. The second-order valence-electron chi connectivity index (χ2n) is 3.78. The van der Waals surface area contributed by atoms with E-state index in [0.717, 1.165) is 37.2 Å². The van der Waals surface area contributed by atoms with E-state index in [1.54, 1.807) is 0 Å². The Balaban J connectivity index is 0.000000339. The van der Waals surface area contributed by atoms with Crippen LogP contribution in [0.2, 0.25) is 0 Å². The monoisotopic (exact) mass is 392 g/mol. The van der Waals surface area contributed by atoms with Gasteiger partial charge in [-0.25, -0.2) is 15.0 Å². The van der Waals surface area contributed by atoms with Gasteiger partial charge in [0.2, 0.25) is 18.6 Å². The first-order valence-corrected chi connectivity index (χ1v) is 6.08. The van der Waals surface area contributed by atoms with Gasteiger partial charge in [0.25, 0.3) is 0 Å². The summed E-state index contributed by atoms with van der Waals surface area (Å²) >= 11 is 0. The summed E-state index contributed by atoms with van der Waals surface area (Å²) in [6.07, 6.45) is 10.5. The van der Waals surface area contributed by atoms with E-state index in [1.807, 2.05) is 0 Å². The van der Waals surface area contributed by atoms with Gasteiger partial charge in [0.1, 0.15) is 18.6 Å². The molecule has 0 aromatic carbocycles. The Labute approximate surface area is 151 Å². The van der Waals surface area contributed by atoms with Gasteiger partial charge in [-0.15, -0.1) is 14.2 Å². The van der Waals surface area contributed by atoms with Crippen molar-refractivity contribution in [3.05, 3.63) is 71.4 Å². The van der Waals surface area contributed by atoms with Gasteiger partial charge in [0.15, 0.2) is 0 Å². The summed E-state index contributed by atoms with van der Waals surface area (Å²) in [4.78, 5) is 10.4. The van der Waals surface area contributed by atoms with Crippen LogP contribution in [0.5, 0.6) is 17.6 Å². The molecule has 0 aliphatic heterocycles. The normalized spacial score (nSPS) is 8.64. The fourth-order valence-electron chi connectivity index (χ4n) is 1.03. The van der Waals surface area contributed by atoms with Crippen LogP contribution in [0.1, 0.15) is 0 Å². The second-order valence-corrected chi connectivity index (χ2v) is 3.78. The third kappa shape index (κ3) is 8.10. The molecule has 0 spiro atoms. The van der Waals surface area contributed by atoms with E-state index in [1.165, 1.54) is 18.6 Å². The molecule has 3 aromatic heterocycles. The van der Waals surface area contributed by atoms with Crippen molar-refractivity contribution in [2.45, 2.75) is 0 Å². The van der Waals surface area contributed by atoms with Gasteiger partial charge in [0, 0.05) is 17.1 Å². The summed E-state index contributed by atoms with van der Waals surface area (Å²) in [5.41, 5.74) is 0. The topological polar surface area (TPSA) is 180 Å². The summed E-state index contributed by atoms with van der Waals surface area (Å²) in [6, 6.07) is 0. The predicted octanol–water partition coefficient (Wildman–Crippen LogP) is -1.74. The molecule has 0 saturated heterocycles. The van der Waals surface area contributed by atoms with E-state index in [9.17, 15) is 15.6 Å². The van der Waals surface area contributed by atoms with Crippen LogP contribution in [0, 0.1) is 15.6 Å². The standard InChI is InChI=1S/3C4H4N2O2.Fe/c3*7-4-3-5-1-2-6(4)8;/h3*1-3,7H;. The molecule has 0 amide bonds. The maximum absolute atomic E-state index is 10.2. The molecule has 25 heavy (non-hydrogen) atoms. The molecule has 0 aliphatic rings. The number of aromatic nitrogens is 6. The zero-order valence-electron chi connectivity index (χ0n) is 12.3. The van der Waals surface area contributed by atoms with Crippen molar-refractivity contribution in [2.75, 3.05) is 0 Å². The van der Waals surface area contributed by atoms with E-state index >= 15 is 0 Å². The van der Waals surface area contributed by atoms with Crippen LogP contribution in [-0.4, -0.2) is 30.3 Å². The fraction of sp³-hybridized carbons (Fsp3) is 0. The number of hydrogen-bond donors (Lipinski definition) is 3. The first kappa shape index (κ1) is 21.6. The molecule has 3 heterocycles. The number of aromatic hydroxyl groups is 3. The van der Waals surface area contributed by atoms with Crippen LogP contribution in [0.3, 0.4) is 0 Å². The minimum atomic E-state index is -0.382. The molecule has 3 aromatic rings. The molecule has 3 rings (SSSR count). The quantitative estimate of drug-likeness (QED) is 0.227. The minimum Gasteiger partial charge on any atom is -0.616 e. The maximum Gasteiger partial charge on any atom is 0.395 e. The molecular weight excluding hydrogens is 380 g/mol. The molecule has 0 bridgehead atoms. The second kappa shape index (κ2) is 11.2. The zero-order valence-corrected chi connectivity index (χ0v) is 13.4. The maximum atomic E-state index is 10.2. The van der Waals surface area contributed by atoms with Crippen molar-refractivity contribution >= 4 is 0 Å². The van der Waals surface area contributed by atoms with Gasteiger partial charge in [0.05, 0.1) is 18.6 Å². The SMILES string of the molecule is [Fe].[O-][n+]1ccncc1O.[O-][n+]1ccncc1O.[O-][n+]1ccncc1O. The van der Waals surface area contributed by atoms with Crippen molar-refractivity contribution in [3.63, 3.8) is 0 Å². The van der Waals surface area contributed by atoms with Gasteiger partial charge in [-0.3, -0.25) is 0 Å². The van der Waals surface area contributed by atoms with E-state index in [2.05, 4.69) is 15.0 Å². The van der Waals surface area contributed by atoms with Crippen LogP contribution in [0.15, 0.2) is 55.8 Å². The third-order valence-electron chi connectivity index (χ3n) is 2.11. The van der Waals surface area contributed by atoms with Gasteiger partial charge in [-0.05, 0) is 0 Å². The van der Waals surface area contributed by atoms with E-state index in [4.69, 9.17) is 15.3 Å². The van der Waals surface area contributed by atoms with Crippen LogP contribution < -0.4 is 14.2 Å². The largest absolute Gasteiger partial charge is 0.616 e. The summed E-state index contributed by atoms with van der Waals surface area (Å²) in [6.45, 7) is 0. The molecule has 12 nitrogen and oxygen atoms in total. The van der Waals surface area contributed by atoms with Gasteiger partial charge in [-0.1, -0.05) is 0 Å². The minimum absolute atomic E-state index is 0. The molecule has 0 unspecified atom stereocenters. The predicted molar refractivity (Wildman–Crippen MR) is 74.6 cm³/mol. The molecule has 13 heteroatoms. The molecule has 0 fully saturated rings. The van der Waals surface area contributed by atoms with Crippen molar-refractivity contribution in [1.29, 1.82) is 0 Å². The average molecular weight is 392 g/mol. The molecule has 0 aliphatic carbocycles. The Morgan fingerprint density at radius 1 is 0.600 bits per heavy atom. The van der Waals surface area contributed by atoms with Crippen LogP contribution >= 0.6 is 0 Å². The van der Waals surface area contributed by atoms with Crippen molar-refractivity contribution < 1.29 is 46.6 Å². The zero-order chi connectivity index (χ0) is 17.9. The van der Waals surface area contributed by atoms with Crippen LogP contribution in [0.25, 0.3) is 0 Å². The summed E-state index contributed by atoms with van der Waals surface area (Å²) in [5, 5.41) is 56.3. The molecule has 3 N–H and O–H groups in total. The van der Waals surface area contributed by atoms with E-state index in [-0.39, 0.29) is 34.7 Å². The van der Waals surface area contributed by atoms with Crippen molar-refractivity contribution in [3.8, 4) is 17.6 Å². The third-order valence-corrected chi connectivity index (χ3v) is 2.11. The van der Waals surface area contributed by atoms with Crippen molar-refractivity contribution in [1.82, 2.24) is 15.0 Å². The first-order valence-electron chi connectivity index (χ1n) is 6.08. The number of rotatable bonds is 0. The Kier molecular flexibility index (Phi) is 9.62. The molecule has 134 valence electrons. The van der Waals surface area contributed by atoms with E-state index < -0.39 is 0 Å². The summed E-state index contributed by atoms with van der Waals surface area (Å²) < 4.78 is 0.979. The van der Waals surface area contributed by atoms with Crippen LogP contribution in [0.4, 0.5) is 0 Å². The van der Waals surface area contributed by atoms with Gasteiger partial charge >= 0.3 is 17.6 Å². The Hall–Kier alpha value is -3.44.